The van der Waals surface area contributed by atoms with Gasteiger partial charge in [-0.25, -0.2) is 9.97 Å². The number of aromatic nitrogens is 2. The Hall–Kier alpha value is -1.24. The molecule has 0 spiro atoms. The summed E-state index contributed by atoms with van der Waals surface area (Å²) in [6.45, 7) is 2.10. The van der Waals surface area contributed by atoms with Crippen LogP contribution in [-0.4, -0.2) is 35.3 Å². The van der Waals surface area contributed by atoms with Crippen molar-refractivity contribution >= 4 is 27.4 Å². The van der Waals surface area contributed by atoms with Crippen molar-refractivity contribution in [3.63, 3.8) is 0 Å². The second kappa shape index (κ2) is 4.79. The summed E-state index contributed by atoms with van der Waals surface area (Å²) in [5.41, 5.74) is 6.84. The van der Waals surface area contributed by atoms with Gasteiger partial charge in [-0.3, -0.25) is 0 Å². The maximum absolute atomic E-state index is 5.95. The van der Waals surface area contributed by atoms with Crippen LogP contribution in [0.25, 0.3) is 10.2 Å². The molecule has 1 aliphatic rings. The Morgan fingerprint density at radius 1 is 1.39 bits per heavy atom. The maximum Gasteiger partial charge on any atom is 0.147 e. The number of nitrogens with two attached hydrogens (primary N) is 1. The summed E-state index contributed by atoms with van der Waals surface area (Å²) < 4.78 is 6.51. The molecule has 0 atom stereocenters. The van der Waals surface area contributed by atoms with Gasteiger partial charge in [0.25, 0.3) is 0 Å². The molecule has 2 aromatic heterocycles. The van der Waals surface area contributed by atoms with Crippen molar-refractivity contribution in [3.8, 4) is 0 Å². The van der Waals surface area contributed by atoms with Gasteiger partial charge in [0.1, 0.15) is 12.1 Å². The van der Waals surface area contributed by atoms with E-state index >= 15 is 0 Å². The molecule has 0 aliphatic carbocycles. The molecule has 18 heavy (non-hydrogen) atoms. The zero-order valence-corrected chi connectivity index (χ0v) is 10.9. The molecule has 2 aromatic rings. The molecule has 0 unspecified atom stereocenters. The Morgan fingerprint density at radius 2 is 2.22 bits per heavy atom. The molecule has 0 bridgehead atoms. The molecule has 5 nitrogen and oxygen atoms in total. The summed E-state index contributed by atoms with van der Waals surface area (Å²) in [5.74, 6) is 0.891. The third-order valence-electron chi connectivity index (χ3n) is 3.47. The first kappa shape index (κ1) is 11.8. The Balaban J connectivity index is 1.92. The lowest BCUT2D eigenvalue weighted by atomic mass is 9.90. The highest BCUT2D eigenvalue weighted by Gasteiger charge is 2.31. The van der Waals surface area contributed by atoms with Gasteiger partial charge in [0, 0.05) is 19.8 Å². The molecule has 6 heteroatoms. The Morgan fingerprint density at radius 3 is 3.00 bits per heavy atom. The number of ether oxygens (including phenoxy) is 1. The molecule has 1 fully saturated rings. The van der Waals surface area contributed by atoms with Crippen LogP contribution in [-0.2, 0) is 4.74 Å². The number of rotatable bonds is 3. The number of anilines is 1. The molecule has 0 aromatic carbocycles. The Kier molecular flexibility index (Phi) is 3.15. The van der Waals surface area contributed by atoms with Gasteiger partial charge in [0.15, 0.2) is 0 Å². The summed E-state index contributed by atoms with van der Waals surface area (Å²) in [5, 5.41) is 5.56. The van der Waals surface area contributed by atoms with Gasteiger partial charge in [-0.05, 0) is 24.3 Å². The summed E-state index contributed by atoms with van der Waals surface area (Å²) in [6, 6.07) is 2.01. The zero-order chi connectivity index (χ0) is 12.4. The SMILES string of the molecule is NCC1(Nc2ncnc3ccsc23)CCOCC1. The van der Waals surface area contributed by atoms with Crippen LogP contribution in [0.4, 0.5) is 5.82 Å². The first-order valence-corrected chi connectivity index (χ1v) is 6.95. The molecular weight excluding hydrogens is 248 g/mol. The molecule has 3 N–H and O–H groups in total. The van der Waals surface area contributed by atoms with Gasteiger partial charge >= 0.3 is 0 Å². The molecule has 1 saturated heterocycles. The second-order valence-corrected chi connectivity index (χ2v) is 5.50. The van der Waals surface area contributed by atoms with Crippen molar-refractivity contribution in [2.75, 3.05) is 25.1 Å². The fourth-order valence-electron chi connectivity index (χ4n) is 2.27. The van der Waals surface area contributed by atoms with Crippen LogP contribution in [0.5, 0.6) is 0 Å². The van der Waals surface area contributed by atoms with Crippen molar-refractivity contribution in [1.82, 2.24) is 9.97 Å². The highest BCUT2D eigenvalue weighted by atomic mass is 32.1. The summed E-state index contributed by atoms with van der Waals surface area (Å²) >= 11 is 1.65. The van der Waals surface area contributed by atoms with Crippen LogP contribution < -0.4 is 11.1 Å². The molecule has 0 radical (unpaired) electrons. The monoisotopic (exact) mass is 264 g/mol. The van der Waals surface area contributed by atoms with Crippen LogP contribution in [0.1, 0.15) is 12.8 Å². The van der Waals surface area contributed by atoms with Crippen LogP contribution >= 0.6 is 11.3 Å². The molecule has 1 aliphatic heterocycles. The van der Waals surface area contributed by atoms with Gasteiger partial charge in [0.05, 0.1) is 15.8 Å². The molecule has 3 rings (SSSR count). The van der Waals surface area contributed by atoms with Crippen LogP contribution in [0.15, 0.2) is 17.8 Å². The third-order valence-corrected chi connectivity index (χ3v) is 4.38. The van der Waals surface area contributed by atoms with Gasteiger partial charge in [-0.2, -0.15) is 0 Å². The van der Waals surface area contributed by atoms with E-state index in [2.05, 4.69) is 15.3 Å². The number of fused-ring (bicyclic) bond motifs is 1. The molecule has 0 amide bonds. The van der Waals surface area contributed by atoms with Gasteiger partial charge in [-0.15, -0.1) is 11.3 Å². The largest absolute Gasteiger partial charge is 0.381 e. The Bertz CT molecular complexity index is 536. The summed E-state index contributed by atoms with van der Waals surface area (Å²) in [4.78, 5) is 8.60. The van der Waals surface area contributed by atoms with Gasteiger partial charge < -0.3 is 15.8 Å². The Labute approximate surface area is 109 Å². The highest BCUT2D eigenvalue weighted by Crippen LogP contribution is 2.30. The van der Waals surface area contributed by atoms with Crippen molar-refractivity contribution in [3.05, 3.63) is 17.8 Å². The molecular formula is C12H16N4OS. The summed E-state index contributed by atoms with van der Waals surface area (Å²) in [6.07, 6.45) is 3.43. The third kappa shape index (κ3) is 2.07. The quantitative estimate of drug-likeness (QED) is 0.881. The number of hydrogen-bond acceptors (Lipinski definition) is 6. The normalized spacial score (nSPS) is 18.9. The van der Waals surface area contributed by atoms with E-state index in [0.717, 1.165) is 42.1 Å². The average molecular weight is 264 g/mol. The van der Waals surface area contributed by atoms with E-state index in [1.165, 1.54) is 0 Å². The number of thiophene rings is 1. The fourth-order valence-corrected chi connectivity index (χ4v) is 3.06. The maximum atomic E-state index is 5.95. The van der Waals surface area contributed by atoms with E-state index in [1.54, 1.807) is 17.7 Å². The predicted molar refractivity (Wildman–Crippen MR) is 72.9 cm³/mol. The van der Waals surface area contributed by atoms with Crippen LogP contribution in [0.2, 0.25) is 0 Å². The lowest BCUT2D eigenvalue weighted by molar-refractivity contribution is 0.0627. The molecule has 0 saturated carbocycles. The minimum absolute atomic E-state index is 0.0937. The second-order valence-electron chi connectivity index (χ2n) is 4.58. The van der Waals surface area contributed by atoms with E-state index in [-0.39, 0.29) is 5.54 Å². The minimum Gasteiger partial charge on any atom is -0.381 e. The van der Waals surface area contributed by atoms with Crippen molar-refractivity contribution in [2.24, 2.45) is 5.73 Å². The van der Waals surface area contributed by atoms with Crippen LogP contribution in [0, 0.1) is 0 Å². The topological polar surface area (TPSA) is 73.1 Å². The zero-order valence-electron chi connectivity index (χ0n) is 10.1. The van der Waals surface area contributed by atoms with E-state index in [0.29, 0.717) is 6.54 Å². The van der Waals surface area contributed by atoms with E-state index < -0.39 is 0 Å². The summed E-state index contributed by atoms with van der Waals surface area (Å²) in [7, 11) is 0. The average Bonchev–Trinajstić information content (AvgIpc) is 2.89. The van der Waals surface area contributed by atoms with Crippen molar-refractivity contribution in [2.45, 2.75) is 18.4 Å². The van der Waals surface area contributed by atoms with Crippen LogP contribution in [0.3, 0.4) is 0 Å². The van der Waals surface area contributed by atoms with Gasteiger partial charge in [0.2, 0.25) is 0 Å². The first-order valence-electron chi connectivity index (χ1n) is 6.07. The smallest absolute Gasteiger partial charge is 0.147 e. The highest BCUT2D eigenvalue weighted by molar-refractivity contribution is 7.17. The predicted octanol–water partition coefficient (Wildman–Crippen LogP) is 1.61. The van der Waals surface area contributed by atoms with Crippen molar-refractivity contribution < 1.29 is 4.74 Å². The van der Waals surface area contributed by atoms with E-state index in [1.807, 2.05) is 11.4 Å². The lowest BCUT2D eigenvalue weighted by Gasteiger charge is -2.37. The van der Waals surface area contributed by atoms with Crippen molar-refractivity contribution in [1.29, 1.82) is 0 Å². The first-order chi connectivity index (χ1) is 8.83. The number of hydrogen-bond donors (Lipinski definition) is 2. The number of nitrogens with one attached hydrogen (secondary N) is 1. The fraction of sp³-hybridized carbons (Fsp3) is 0.500. The minimum atomic E-state index is -0.0937. The van der Waals surface area contributed by atoms with Gasteiger partial charge in [-0.1, -0.05) is 0 Å². The molecule has 3 heterocycles. The van der Waals surface area contributed by atoms with E-state index in [9.17, 15) is 0 Å². The number of nitrogens with zero attached hydrogens (tertiary/aromatic N) is 2. The molecule has 96 valence electrons. The van der Waals surface area contributed by atoms with E-state index in [4.69, 9.17) is 10.5 Å². The standard InChI is InChI=1S/C12H16N4OS/c13-7-12(2-4-17-5-3-12)16-11-10-9(1-6-18-10)14-8-15-11/h1,6,8H,2-5,7,13H2,(H,14,15,16). The lowest BCUT2D eigenvalue weighted by Crippen LogP contribution is -2.49.